The van der Waals surface area contributed by atoms with Gasteiger partial charge in [-0.25, -0.2) is 4.98 Å². The van der Waals surface area contributed by atoms with E-state index in [4.69, 9.17) is 4.74 Å². The van der Waals surface area contributed by atoms with Gasteiger partial charge in [0.2, 0.25) is 17.7 Å². The van der Waals surface area contributed by atoms with Gasteiger partial charge in [-0.05, 0) is 25.0 Å². The largest absolute Gasteiger partial charge is 0.491 e. The second-order valence-corrected chi connectivity index (χ2v) is 8.78. The Labute approximate surface area is 207 Å². The van der Waals surface area contributed by atoms with Crippen molar-refractivity contribution < 1.29 is 29.0 Å². The third-order valence-corrected chi connectivity index (χ3v) is 6.29. The maximum absolute atomic E-state index is 13.4. The molecular weight excluding hydrogens is 468 g/mol. The zero-order chi connectivity index (χ0) is 25.5. The number of nitrogens with one attached hydrogen (secondary N) is 4. The number of likely N-dealkylation sites (tertiary alicyclic amines) is 1. The molecule has 2 aliphatic rings. The summed E-state index contributed by atoms with van der Waals surface area (Å²) in [5.41, 5.74) is 0.849. The minimum atomic E-state index is -1.20. The second kappa shape index (κ2) is 11.7. The lowest BCUT2D eigenvalue weighted by Gasteiger charge is -2.29. The SMILES string of the molecule is O=C1C[C@@H](C(=O)N2CCC[C@@H]2CO)NC(=O)c2ccccc2OCCNC(=O)[C@H](Cc2cnc[nH]2)N1. The molecule has 2 aliphatic heterocycles. The van der Waals surface area contributed by atoms with Crippen molar-refractivity contribution in [3.05, 3.63) is 48.0 Å². The predicted molar refractivity (Wildman–Crippen MR) is 127 cm³/mol. The van der Waals surface area contributed by atoms with Crippen molar-refractivity contribution >= 4 is 23.6 Å². The molecule has 2 aromatic rings. The Morgan fingerprint density at radius 2 is 2.03 bits per heavy atom. The number of ether oxygens (including phenoxy) is 1. The summed E-state index contributed by atoms with van der Waals surface area (Å²) in [7, 11) is 0. The van der Waals surface area contributed by atoms with Crippen molar-refractivity contribution in [1.29, 1.82) is 0 Å². The Balaban J connectivity index is 1.61. The summed E-state index contributed by atoms with van der Waals surface area (Å²) < 4.78 is 5.74. The number of fused-ring (bicyclic) bond motifs is 1. The number of carbonyl (C=O) groups excluding carboxylic acids is 4. The Bertz CT molecular complexity index is 1090. The molecule has 0 bridgehead atoms. The van der Waals surface area contributed by atoms with E-state index in [0.29, 0.717) is 30.8 Å². The fourth-order valence-corrected chi connectivity index (χ4v) is 4.45. The van der Waals surface area contributed by atoms with E-state index in [9.17, 15) is 24.3 Å². The van der Waals surface area contributed by atoms with E-state index in [1.807, 2.05) is 0 Å². The molecule has 0 unspecified atom stereocenters. The standard InChI is InChI=1S/C24H30N6O6/c31-13-16-4-3-8-30(16)24(35)19-11-21(32)28-18(10-15-12-25-14-27-15)23(34)26-7-9-36-20-6-2-1-5-17(20)22(33)29-19/h1-2,5-6,12,14,16,18-19,31H,3-4,7-11,13H2,(H,25,27)(H,26,34)(H,28,32)(H,29,33)/t16-,18+,19+/m1/s1. The highest BCUT2D eigenvalue weighted by atomic mass is 16.5. The Morgan fingerprint density at radius 3 is 2.81 bits per heavy atom. The molecule has 0 aliphatic carbocycles. The second-order valence-electron chi connectivity index (χ2n) is 8.78. The molecule has 3 atom stereocenters. The number of nitrogens with zero attached hydrogens (tertiary/aromatic N) is 2. The van der Waals surface area contributed by atoms with Gasteiger partial charge in [0.1, 0.15) is 24.4 Å². The van der Waals surface area contributed by atoms with E-state index in [2.05, 4.69) is 25.9 Å². The molecule has 5 N–H and O–H groups in total. The van der Waals surface area contributed by atoms with Crippen LogP contribution in [0.4, 0.5) is 0 Å². The van der Waals surface area contributed by atoms with Crippen molar-refractivity contribution in [2.75, 3.05) is 26.3 Å². The van der Waals surface area contributed by atoms with Crippen LogP contribution in [0.1, 0.15) is 35.3 Å². The number of amides is 4. The highest BCUT2D eigenvalue weighted by Gasteiger charge is 2.36. The average Bonchev–Trinajstić information content (AvgIpc) is 3.57. The molecular formula is C24H30N6O6. The van der Waals surface area contributed by atoms with Gasteiger partial charge in [-0.1, -0.05) is 12.1 Å². The molecule has 12 heteroatoms. The highest BCUT2D eigenvalue weighted by Crippen LogP contribution is 2.21. The third kappa shape index (κ3) is 6.00. The summed E-state index contributed by atoms with van der Waals surface area (Å²) in [6.07, 6.45) is 4.16. The van der Waals surface area contributed by atoms with E-state index < -0.39 is 35.7 Å². The minimum Gasteiger partial charge on any atom is -0.491 e. The molecule has 1 aromatic carbocycles. The predicted octanol–water partition coefficient (Wildman–Crippen LogP) is -0.882. The average molecular weight is 499 g/mol. The number of imidazole rings is 1. The topological polar surface area (TPSA) is 166 Å². The van der Waals surface area contributed by atoms with Crippen LogP contribution in [0.25, 0.3) is 0 Å². The molecule has 1 saturated heterocycles. The van der Waals surface area contributed by atoms with Crippen LogP contribution in [-0.4, -0.2) is 88.0 Å². The number of benzene rings is 1. The van der Waals surface area contributed by atoms with Gasteiger partial charge < -0.3 is 35.7 Å². The van der Waals surface area contributed by atoms with Gasteiger partial charge in [0.05, 0.1) is 37.5 Å². The molecule has 192 valence electrons. The Hall–Kier alpha value is -3.93. The molecule has 0 spiro atoms. The van der Waals surface area contributed by atoms with Gasteiger partial charge >= 0.3 is 0 Å². The van der Waals surface area contributed by atoms with Gasteiger partial charge in [-0.3, -0.25) is 19.2 Å². The van der Waals surface area contributed by atoms with Crippen LogP contribution in [0.5, 0.6) is 5.75 Å². The van der Waals surface area contributed by atoms with Crippen LogP contribution in [0, 0.1) is 0 Å². The first-order valence-electron chi connectivity index (χ1n) is 11.9. The Morgan fingerprint density at radius 1 is 1.19 bits per heavy atom. The normalized spacial score (nSPS) is 23.5. The third-order valence-electron chi connectivity index (χ3n) is 6.29. The number of aromatic amines is 1. The van der Waals surface area contributed by atoms with Gasteiger partial charge in [0, 0.05) is 24.9 Å². The van der Waals surface area contributed by atoms with Crippen molar-refractivity contribution in [1.82, 2.24) is 30.8 Å². The van der Waals surface area contributed by atoms with Gasteiger partial charge in [-0.15, -0.1) is 0 Å². The zero-order valence-corrected chi connectivity index (χ0v) is 19.7. The molecule has 3 heterocycles. The number of para-hydroxylation sites is 1. The monoisotopic (exact) mass is 498 g/mol. The number of hydrogen-bond acceptors (Lipinski definition) is 7. The van der Waals surface area contributed by atoms with Crippen LogP contribution in [-0.2, 0) is 20.8 Å². The smallest absolute Gasteiger partial charge is 0.255 e. The van der Waals surface area contributed by atoms with Crippen molar-refractivity contribution in [3.63, 3.8) is 0 Å². The first-order valence-corrected chi connectivity index (χ1v) is 11.9. The molecule has 0 radical (unpaired) electrons. The molecule has 12 nitrogen and oxygen atoms in total. The van der Waals surface area contributed by atoms with Gasteiger partial charge in [0.15, 0.2) is 0 Å². The number of H-pyrrole nitrogens is 1. The molecule has 4 amide bonds. The van der Waals surface area contributed by atoms with Crippen LogP contribution in [0.2, 0.25) is 0 Å². The molecule has 0 saturated carbocycles. The summed E-state index contributed by atoms with van der Waals surface area (Å²) >= 11 is 0. The van der Waals surface area contributed by atoms with Gasteiger partial charge in [-0.2, -0.15) is 0 Å². The number of aliphatic hydroxyl groups is 1. The van der Waals surface area contributed by atoms with E-state index >= 15 is 0 Å². The fraction of sp³-hybridized carbons (Fsp3) is 0.458. The lowest BCUT2D eigenvalue weighted by molar-refractivity contribution is -0.137. The molecule has 1 fully saturated rings. The summed E-state index contributed by atoms with van der Waals surface area (Å²) in [6.45, 7) is 0.460. The van der Waals surface area contributed by atoms with Gasteiger partial charge in [0.25, 0.3) is 5.91 Å². The number of aliphatic hydroxyl groups excluding tert-OH is 1. The molecule has 36 heavy (non-hydrogen) atoms. The van der Waals surface area contributed by atoms with Crippen LogP contribution in [0.15, 0.2) is 36.8 Å². The maximum atomic E-state index is 13.4. The fourth-order valence-electron chi connectivity index (χ4n) is 4.45. The first kappa shape index (κ1) is 25.2. The summed E-state index contributed by atoms with van der Waals surface area (Å²) in [5, 5.41) is 17.8. The van der Waals surface area contributed by atoms with Crippen molar-refractivity contribution in [2.24, 2.45) is 0 Å². The van der Waals surface area contributed by atoms with E-state index in [1.165, 1.54) is 11.2 Å². The van der Waals surface area contributed by atoms with E-state index in [0.717, 1.165) is 0 Å². The number of rotatable bonds is 4. The minimum absolute atomic E-state index is 0.0923. The van der Waals surface area contributed by atoms with E-state index in [1.54, 1.807) is 30.5 Å². The number of carbonyl (C=O) groups is 4. The first-order chi connectivity index (χ1) is 17.5. The summed E-state index contributed by atoms with van der Waals surface area (Å²) in [5.74, 6) is -1.73. The molecule has 4 rings (SSSR count). The zero-order valence-electron chi connectivity index (χ0n) is 19.7. The number of hydrogen-bond donors (Lipinski definition) is 5. The Kier molecular flexibility index (Phi) is 8.16. The lowest BCUT2D eigenvalue weighted by atomic mass is 10.1. The quantitative estimate of drug-likeness (QED) is 0.365. The number of aromatic nitrogens is 2. The molecule has 1 aromatic heterocycles. The van der Waals surface area contributed by atoms with Crippen LogP contribution < -0.4 is 20.7 Å². The van der Waals surface area contributed by atoms with Crippen molar-refractivity contribution in [2.45, 2.75) is 43.8 Å². The van der Waals surface area contributed by atoms with Crippen molar-refractivity contribution in [3.8, 4) is 5.75 Å². The summed E-state index contributed by atoms with van der Waals surface area (Å²) in [6, 6.07) is 4.05. The van der Waals surface area contributed by atoms with Crippen LogP contribution in [0.3, 0.4) is 0 Å². The lowest BCUT2D eigenvalue weighted by Crippen LogP contribution is -2.54. The summed E-state index contributed by atoms with van der Waals surface area (Å²) in [4.78, 5) is 60.9. The highest BCUT2D eigenvalue weighted by molar-refractivity contribution is 6.01. The maximum Gasteiger partial charge on any atom is 0.255 e. The van der Waals surface area contributed by atoms with E-state index in [-0.39, 0.29) is 44.2 Å². The van der Waals surface area contributed by atoms with Crippen LogP contribution >= 0.6 is 0 Å².